The van der Waals surface area contributed by atoms with Crippen LogP contribution in [0.3, 0.4) is 0 Å². The third-order valence-corrected chi connectivity index (χ3v) is 4.56. The molecule has 0 amide bonds. The zero-order valence-corrected chi connectivity index (χ0v) is 13.6. The highest BCUT2D eigenvalue weighted by Gasteiger charge is 2.40. The molecule has 1 N–H and O–H groups in total. The number of carbonyl (C=O) groups is 1. The Hall–Kier alpha value is -0.690. The Balaban J connectivity index is 1.88. The summed E-state index contributed by atoms with van der Waals surface area (Å²) in [6, 6.07) is 0.464. The Kier molecular flexibility index (Phi) is 5.60. The van der Waals surface area contributed by atoms with Crippen LogP contribution in [-0.4, -0.2) is 75.6 Å². The van der Waals surface area contributed by atoms with Gasteiger partial charge in [-0.1, -0.05) is 0 Å². The second-order valence-electron chi connectivity index (χ2n) is 6.30. The first-order valence-corrected chi connectivity index (χ1v) is 7.66. The summed E-state index contributed by atoms with van der Waals surface area (Å²) in [5, 5.41) is 3.43. The standard InChI is InChI=1S/C15H28N2O4/c1-15(14(18)21-4,16-11-5-6-11)7-8-17-9-12(19-2)13(10-17)20-3/h11-13,16H,5-10H2,1-4H3. The second kappa shape index (κ2) is 7.05. The number of hydrogen-bond acceptors (Lipinski definition) is 6. The highest BCUT2D eigenvalue weighted by Crippen LogP contribution is 2.26. The maximum Gasteiger partial charge on any atom is 0.325 e. The molecule has 21 heavy (non-hydrogen) atoms. The minimum Gasteiger partial charge on any atom is -0.468 e. The summed E-state index contributed by atoms with van der Waals surface area (Å²) in [4.78, 5) is 14.4. The van der Waals surface area contributed by atoms with Crippen LogP contribution >= 0.6 is 0 Å². The molecule has 0 bridgehead atoms. The van der Waals surface area contributed by atoms with Crippen molar-refractivity contribution >= 4 is 5.97 Å². The fraction of sp³-hybridized carbons (Fsp3) is 0.933. The lowest BCUT2D eigenvalue weighted by atomic mass is 9.97. The van der Waals surface area contributed by atoms with E-state index in [1.54, 1.807) is 14.2 Å². The fourth-order valence-electron chi connectivity index (χ4n) is 2.97. The predicted octanol–water partition coefficient (Wildman–Crippen LogP) is 0.406. The van der Waals surface area contributed by atoms with E-state index in [9.17, 15) is 4.79 Å². The number of rotatable bonds is 8. The molecule has 1 aliphatic carbocycles. The van der Waals surface area contributed by atoms with Gasteiger partial charge in [0.2, 0.25) is 0 Å². The largest absolute Gasteiger partial charge is 0.468 e. The van der Waals surface area contributed by atoms with Gasteiger partial charge in [-0.25, -0.2) is 0 Å². The van der Waals surface area contributed by atoms with Crippen molar-refractivity contribution in [1.29, 1.82) is 0 Å². The molecule has 0 aromatic rings. The topological polar surface area (TPSA) is 60.0 Å². The maximum absolute atomic E-state index is 12.1. The predicted molar refractivity (Wildman–Crippen MR) is 79.2 cm³/mol. The Morgan fingerprint density at radius 3 is 2.19 bits per heavy atom. The van der Waals surface area contributed by atoms with Crippen LogP contribution in [-0.2, 0) is 19.0 Å². The smallest absolute Gasteiger partial charge is 0.325 e. The van der Waals surface area contributed by atoms with E-state index >= 15 is 0 Å². The zero-order chi connectivity index (χ0) is 15.5. The fourth-order valence-corrected chi connectivity index (χ4v) is 2.97. The molecule has 6 nitrogen and oxygen atoms in total. The molecule has 0 radical (unpaired) electrons. The molecule has 122 valence electrons. The SMILES string of the molecule is COC(=O)C(C)(CCN1CC(OC)C(OC)C1)NC1CC1. The lowest BCUT2D eigenvalue weighted by Gasteiger charge is -2.30. The van der Waals surface area contributed by atoms with Gasteiger partial charge in [0.15, 0.2) is 0 Å². The van der Waals surface area contributed by atoms with Crippen LogP contribution in [0.15, 0.2) is 0 Å². The number of ether oxygens (including phenoxy) is 3. The summed E-state index contributed by atoms with van der Waals surface area (Å²) < 4.78 is 15.9. The van der Waals surface area contributed by atoms with Crippen LogP contribution in [0.4, 0.5) is 0 Å². The van der Waals surface area contributed by atoms with Crippen LogP contribution < -0.4 is 5.32 Å². The summed E-state index contributed by atoms with van der Waals surface area (Å²) in [5.41, 5.74) is -0.607. The number of methoxy groups -OCH3 is 3. The number of esters is 1. The Morgan fingerprint density at radius 1 is 1.19 bits per heavy atom. The van der Waals surface area contributed by atoms with E-state index in [1.807, 2.05) is 6.92 Å². The van der Waals surface area contributed by atoms with Gasteiger partial charge in [-0.3, -0.25) is 15.0 Å². The molecular formula is C15H28N2O4. The van der Waals surface area contributed by atoms with Crippen molar-refractivity contribution in [2.24, 2.45) is 0 Å². The normalized spacial score (nSPS) is 29.3. The molecule has 0 aromatic heterocycles. The average molecular weight is 300 g/mol. The van der Waals surface area contributed by atoms with E-state index in [2.05, 4.69) is 10.2 Å². The summed E-state index contributed by atoms with van der Waals surface area (Å²) in [5.74, 6) is -0.180. The lowest BCUT2D eigenvalue weighted by molar-refractivity contribution is -0.148. The van der Waals surface area contributed by atoms with Crippen molar-refractivity contribution in [1.82, 2.24) is 10.2 Å². The Morgan fingerprint density at radius 2 is 1.76 bits per heavy atom. The van der Waals surface area contributed by atoms with Gasteiger partial charge in [-0.05, 0) is 26.2 Å². The van der Waals surface area contributed by atoms with Gasteiger partial charge in [0.25, 0.3) is 0 Å². The highest BCUT2D eigenvalue weighted by atomic mass is 16.5. The maximum atomic E-state index is 12.1. The van der Waals surface area contributed by atoms with E-state index in [0.29, 0.717) is 6.04 Å². The molecule has 1 heterocycles. The molecule has 0 spiro atoms. The second-order valence-corrected chi connectivity index (χ2v) is 6.30. The van der Waals surface area contributed by atoms with Crippen LogP contribution in [0, 0.1) is 0 Å². The van der Waals surface area contributed by atoms with Crippen molar-refractivity contribution in [3.63, 3.8) is 0 Å². The highest BCUT2D eigenvalue weighted by molar-refractivity contribution is 5.80. The number of likely N-dealkylation sites (tertiary alicyclic amines) is 1. The third kappa shape index (κ3) is 4.16. The van der Waals surface area contributed by atoms with Crippen molar-refractivity contribution in [2.75, 3.05) is 41.0 Å². The number of nitrogens with zero attached hydrogens (tertiary/aromatic N) is 1. The molecule has 6 heteroatoms. The van der Waals surface area contributed by atoms with E-state index in [1.165, 1.54) is 7.11 Å². The minimum absolute atomic E-state index is 0.107. The summed E-state index contributed by atoms with van der Waals surface area (Å²) in [6.07, 6.45) is 3.23. The Labute approximate surface area is 127 Å². The van der Waals surface area contributed by atoms with Crippen molar-refractivity contribution in [3.8, 4) is 0 Å². The molecule has 3 unspecified atom stereocenters. The van der Waals surface area contributed by atoms with Gasteiger partial charge < -0.3 is 14.2 Å². The minimum atomic E-state index is -0.607. The molecule has 1 aliphatic heterocycles. The average Bonchev–Trinajstić information content (AvgIpc) is 3.20. The summed E-state index contributed by atoms with van der Waals surface area (Å²) >= 11 is 0. The number of hydrogen-bond donors (Lipinski definition) is 1. The van der Waals surface area contributed by atoms with Crippen LogP contribution in [0.25, 0.3) is 0 Å². The van der Waals surface area contributed by atoms with Gasteiger partial charge in [0.05, 0.1) is 19.3 Å². The molecular weight excluding hydrogens is 272 g/mol. The Bertz CT molecular complexity index is 350. The molecule has 2 fully saturated rings. The first-order chi connectivity index (χ1) is 10.0. The van der Waals surface area contributed by atoms with Crippen LogP contribution in [0.5, 0.6) is 0 Å². The van der Waals surface area contributed by atoms with E-state index < -0.39 is 5.54 Å². The van der Waals surface area contributed by atoms with Crippen LogP contribution in [0.2, 0.25) is 0 Å². The molecule has 0 aromatic carbocycles. The number of carbonyl (C=O) groups excluding carboxylic acids is 1. The molecule has 2 aliphatic rings. The van der Waals surface area contributed by atoms with Gasteiger partial charge in [-0.2, -0.15) is 0 Å². The van der Waals surface area contributed by atoms with Gasteiger partial charge in [-0.15, -0.1) is 0 Å². The first-order valence-electron chi connectivity index (χ1n) is 7.66. The summed E-state index contributed by atoms with van der Waals surface area (Å²) in [6.45, 7) is 4.45. The van der Waals surface area contributed by atoms with E-state index in [0.717, 1.165) is 38.9 Å². The number of nitrogens with one attached hydrogen (secondary N) is 1. The monoisotopic (exact) mass is 300 g/mol. The van der Waals surface area contributed by atoms with Crippen LogP contribution in [0.1, 0.15) is 26.2 Å². The zero-order valence-electron chi connectivity index (χ0n) is 13.6. The van der Waals surface area contributed by atoms with Gasteiger partial charge in [0, 0.05) is 39.9 Å². The molecule has 3 atom stereocenters. The lowest BCUT2D eigenvalue weighted by Crippen LogP contribution is -2.52. The van der Waals surface area contributed by atoms with Crippen molar-refractivity contribution in [3.05, 3.63) is 0 Å². The third-order valence-electron chi connectivity index (χ3n) is 4.56. The van der Waals surface area contributed by atoms with Gasteiger partial charge in [0.1, 0.15) is 5.54 Å². The molecule has 1 saturated carbocycles. The quantitative estimate of drug-likeness (QED) is 0.655. The van der Waals surface area contributed by atoms with Crippen molar-refractivity contribution < 1.29 is 19.0 Å². The van der Waals surface area contributed by atoms with Gasteiger partial charge >= 0.3 is 5.97 Å². The molecule has 2 rings (SSSR count). The van der Waals surface area contributed by atoms with E-state index in [4.69, 9.17) is 14.2 Å². The van der Waals surface area contributed by atoms with Crippen molar-refractivity contribution in [2.45, 2.75) is 50.0 Å². The van der Waals surface area contributed by atoms with E-state index in [-0.39, 0.29) is 18.2 Å². The summed E-state index contributed by atoms with van der Waals surface area (Å²) in [7, 11) is 4.88. The molecule has 1 saturated heterocycles. The first kappa shape index (κ1) is 16.7.